The van der Waals surface area contributed by atoms with Crippen LogP contribution in [0.25, 0.3) is 10.8 Å². The maximum absolute atomic E-state index is 12.5. The first kappa shape index (κ1) is 21.6. The molecule has 8 heteroatoms. The van der Waals surface area contributed by atoms with E-state index in [-0.39, 0.29) is 28.5 Å². The number of nitrogens with one attached hydrogen (secondary N) is 2. The normalized spacial score (nSPS) is 11.8. The van der Waals surface area contributed by atoms with Gasteiger partial charge in [-0.1, -0.05) is 36.4 Å². The predicted octanol–water partition coefficient (Wildman–Crippen LogP) is 3.51. The number of fused-ring (bicyclic) bond motifs is 1. The monoisotopic (exact) mass is 421 g/mol. The van der Waals surface area contributed by atoms with Gasteiger partial charge < -0.3 is 19.9 Å². The fourth-order valence-corrected chi connectivity index (χ4v) is 3.18. The van der Waals surface area contributed by atoms with E-state index in [1.54, 1.807) is 13.0 Å². The van der Waals surface area contributed by atoms with Crippen LogP contribution in [0.2, 0.25) is 0 Å². The number of amides is 1. The molecule has 1 atom stereocenters. The van der Waals surface area contributed by atoms with Crippen LogP contribution in [-0.4, -0.2) is 43.5 Å². The molecule has 0 unspecified atom stereocenters. The molecule has 3 aromatic rings. The molecule has 0 heterocycles. The molecular formula is C23H23N3O5. The van der Waals surface area contributed by atoms with E-state index in [9.17, 15) is 14.7 Å². The van der Waals surface area contributed by atoms with Gasteiger partial charge in [0.2, 0.25) is 0 Å². The topological polar surface area (TPSA) is 109 Å². The molecule has 3 rings (SSSR count). The Bertz CT molecular complexity index is 1140. The average Bonchev–Trinajstić information content (AvgIpc) is 2.78. The van der Waals surface area contributed by atoms with Gasteiger partial charge in [-0.05, 0) is 30.5 Å². The summed E-state index contributed by atoms with van der Waals surface area (Å²) in [5.74, 6) is -1.21. The summed E-state index contributed by atoms with van der Waals surface area (Å²) >= 11 is 0. The lowest BCUT2D eigenvalue weighted by atomic mass is 10.1. The molecule has 0 bridgehead atoms. The third-order valence-corrected chi connectivity index (χ3v) is 4.73. The summed E-state index contributed by atoms with van der Waals surface area (Å²) in [4.78, 5) is 24.2. The maximum atomic E-state index is 12.5. The van der Waals surface area contributed by atoms with E-state index < -0.39 is 12.0 Å². The van der Waals surface area contributed by atoms with Crippen molar-refractivity contribution in [1.29, 1.82) is 0 Å². The van der Waals surface area contributed by atoms with Crippen LogP contribution in [0.1, 0.15) is 22.8 Å². The standard InChI is InChI=1S/C23H23N3O5/c1-14(25-18-10-6-8-15-7-4-5-9-17(15)18)22(27)26-24-13-16-11-12-19(30-2)21(31-3)20(16)23(28)29/h4-14,25H,1-3H3,(H,26,27)(H,28,29)/b24-13-/t14-/m1/s1. The van der Waals surface area contributed by atoms with E-state index in [0.717, 1.165) is 16.5 Å². The number of nitrogens with zero attached hydrogens (tertiary/aromatic N) is 1. The first-order chi connectivity index (χ1) is 15.0. The van der Waals surface area contributed by atoms with Crippen LogP contribution in [0.4, 0.5) is 5.69 Å². The Morgan fingerprint density at radius 3 is 2.48 bits per heavy atom. The van der Waals surface area contributed by atoms with Gasteiger partial charge in [-0.25, -0.2) is 10.2 Å². The summed E-state index contributed by atoms with van der Waals surface area (Å²) in [7, 11) is 2.77. The zero-order valence-corrected chi connectivity index (χ0v) is 17.4. The SMILES string of the molecule is COc1ccc(/C=N\NC(=O)[C@@H](C)Nc2cccc3ccccc23)c(C(=O)O)c1OC. The first-order valence-corrected chi connectivity index (χ1v) is 9.51. The number of methoxy groups -OCH3 is 2. The van der Waals surface area contributed by atoms with E-state index >= 15 is 0 Å². The molecule has 0 aliphatic rings. The number of carbonyl (C=O) groups excluding carboxylic acids is 1. The van der Waals surface area contributed by atoms with Gasteiger partial charge in [0.1, 0.15) is 11.6 Å². The number of hydrazone groups is 1. The van der Waals surface area contributed by atoms with Gasteiger partial charge in [0.15, 0.2) is 11.5 Å². The quantitative estimate of drug-likeness (QED) is 0.379. The van der Waals surface area contributed by atoms with Crippen molar-refractivity contribution in [3.63, 3.8) is 0 Å². The van der Waals surface area contributed by atoms with Crippen LogP contribution < -0.4 is 20.2 Å². The number of carboxylic acid groups (broad SMARTS) is 1. The Morgan fingerprint density at radius 2 is 1.77 bits per heavy atom. The Balaban J connectivity index is 1.74. The van der Waals surface area contributed by atoms with Gasteiger partial charge in [0.05, 0.1) is 20.4 Å². The second-order valence-corrected chi connectivity index (χ2v) is 6.70. The summed E-state index contributed by atoms with van der Waals surface area (Å²) < 4.78 is 10.3. The van der Waals surface area contributed by atoms with Gasteiger partial charge in [-0.2, -0.15) is 5.10 Å². The Labute approximate surface area is 179 Å². The van der Waals surface area contributed by atoms with Crippen LogP contribution in [0.3, 0.4) is 0 Å². The van der Waals surface area contributed by atoms with Gasteiger partial charge in [0.25, 0.3) is 5.91 Å². The smallest absolute Gasteiger partial charge is 0.340 e. The van der Waals surface area contributed by atoms with Crippen molar-refractivity contribution in [2.75, 3.05) is 19.5 Å². The molecule has 0 fully saturated rings. The highest BCUT2D eigenvalue weighted by Crippen LogP contribution is 2.32. The summed E-state index contributed by atoms with van der Waals surface area (Å²) in [5, 5.41) is 18.7. The van der Waals surface area contributed by atoms with Crippen molar-refractivity contribution >= 4 is 34.6 Å². The van der Waals surface area contributed by atoms with Crippen LogP contribution in [-0.2, 0) is 4.79 Å². The number of ether oxygens (including phenoxy) is 2. The van der Waals surface area contributed by atoms with Crippen LogP contribution in [0.15, 0.2) is 59.7 Å². The summed E-state index contributed by atoms with van der Waals surface area (Å²) in [6, 6.07) is 16.2. The zero-order chi connectivity index (χ0) is 22.4. The fourth-order valence-electron chi connectivity index (χ4n) is 3.18. The number of carboxylic acids is 1. The lowest BCUT2D eigenvalue weighted by Gasteiger charge is -2.15. The molecule has 0 saturated carbocycles. The highest BCUT2D eigenvalue weighted by molar-refractivity contribution is 6.02. The molecule has 1 amide bonds. The molecule has 0 spiro atoms. The van der Waals surface area contributed by atoms with Crippen molar-refractivity contribution in [1.82, 2.24) is 5.43 Å². The van der Waals surface area contributed by atoms with Gasteiger partial charge >= 0.3 is 5.97 Å². The third-order valence-electron chi connectivity index (χ3n) is 4.73. The van der Waals surface area contributed by atoms with Crippen LogP contribution in [0.5, 0.6) is 11.5 Å². The number of carbonyl (C=O) groups is 2. The number of anilines is 1. The van der Waals surface area contributed by atoms with Crippen molar-refractivity contribution in [2.24, 2.45) is 5.10 Å². The van der Waals surface area contributed by atoms with Crippen LogP contribution >= 0.6 is 0 Å². The molecule has 3 N–H and O–H groups in total. The number of aromatic carboxylic acids is 1. The summed E-state index contributed by atoms with van der Waals surface area (Å²) in [6.07, 6.45) is 1.26. The van der Waals surface area contributed by atoms with Crippen molar-refractivity contribution in [3.8, 4) is 11.5 Å². The fraction of sp³-hybridized carbons (Fsp3) is 0.174. The van der Waals surface area contributed by atoms with Crippen molar-refractivity contribution in [3.05, 3.63) is 65.7 Å². The van der Waals surface area contributed by atoms with E-state index in [4.69, 9.17) is 9.47 Å². The number of hydrogen-bond acceptors (Lipinski definition) is 6. The molecule has 31 heavy (non-hydrogen) atoms. The molecule has 3 aromatic carbocycles. The average molecular weight is 421 g/mol. The Kier molecular flexibility index (Phi) is 6.71. The van der Waals surface area contributed by atoms with E-state index in [1.807, 2.05) is 42.5 Å². The molecule has 0 aliphatic carbocycles. The molecule has 160 valence electrons. The molecule has 0 saturated heterocycles. The largest absolute Gasteiger partial charge is 0.493 e. The lowest BCUT2D eigenvalue weighted by molar-refractivity contribution is -0.121. The van der Waals surface area contributed by atoms with E-state index in [2.05, 4.69) is 15.8 Å². The minimum Gasteiger partial charge on any atom is -0.493 e. The summed E-state index contributed by atoms with van der Waals surface area (Å²) in [6.45, 7) is 1.71. The predicted molar refractivity (Wildman–Crippen MR) is 119 cm³/mol. The van der Waals surface area contributed by atoms with Gasteiger partial charge in [-0.15, -0.1) is 0 Å². The second-order valence-electron chi connectivity index (χ2n) is 6.70. The first-order valence-electron chi connectivity index (χ1n) is 9.51. The van der Waals surface area contributed by atoms with Gasteiger partial charge in [0, 0.05) is 16.6 Å². The van der Waals surface area contributed by atoms with E-state index in [1.165, 1.54) is 26.5 Å². The molecule has 0 aliphatic heterocycles. The highest BCUT2D eigenvalue weighted by atomic mass is 16.5. The van der Waals surface area contributed by atoms with Gasteiger partial charge in [-0.3, -0.25) is 4.79 Å². The molecular weight excluding hydrogens is 398 g/mol. The minimum atomic E-state index is -1.20. The van der Waals surface area contributed by atoms with Crippen LogP contribution in [0, 0.1) is 0 Å². The molecule has 0 aromatic heterocycles. The Morgan fingerprint density at radius 1 is 1.03 bits per heavy atom. The zero-order valence-electron chi connectivity index (χ0n) is 17.4. The number of rotatable bonds is 8. The summed E-state index contributed by atoms with van der Waals surface area (Å²) in [5.41, 5.74) is 3.42. The van der Waals surface area contributed by atoms with Crippen molar-refractivity contribution < 1.29 is 24.2 Å². The third kappa shape index (κ3) is 4.75. The van der Waals surface area contributed by atoms with E-state index in [0.29, 0.717) is 0 Å². The molecule has 8 nitrogen and oxygen atoms in total. The number of hydrogen-bond donors (Lipinski definition) is 3. The Hall–Kier alpha value is -4.07. The van der Waals surface area contributed by atoms with Crippen molar-refractivity contribution in [2.45, 2.75) is 13.0 Å². The molecule has 0 radical (unpaired) electrons. The maximum Gasteiger partial charge on any atom is 0.340 e. The lowest BCUT2D eigenvalue weighted by Crippen LogP contribution is -2.35. The number of benzene rings is 3. The minimum absolute atomic E-state index is 0.0799. The second kappa shape index (κ2) is 9.62. The highest BCUT2D eigenvalue weighted by Gasteiger charge is 2.20.